The Morgan fingerprint density at radius 3 is 2.43 bits per heavy atom. The largest absolute Gasteiger partial charge is 0.508 e. The number of rotatable bonds is 5. The van der Waals surface area contributed by atoms with E-state index in [4.69, 9.17) is 25.2 Å². The third kappa shape index (κ3) is 4.32. The SMILES string of the molecule is COC(=O)CC(c1coc2ccc(Cl)cc2c1=O)c1c(O)ccc2c(=O)c(-c3ccc(O)cc3)coc12. The molecule has 2 heterocycles. The maximum atomic E-state index is 13.5. The van der Waals surface area contributed by atoms with Crippen molar-refractivity contribution in [3.05, 3.63) is 104 Å². The Hall–Kier alpha value is -4.56. The molecular formula is C28H19ClO8. The molecule has 0 amide bonds. The van der Waals surface area contributed by atoms with Gasteiger partial charge in [-0.25, -0.2) is 0 Å². The molecule has 0 aliphatic rings. The highest BCUT2D eigenvalue weighted by Gasteiger charge is 2.29. The third-order valence-electron chi connectivity index (χ3n) is 6.22. The van der Waals surface area contributed by atoms with E-state index in [1.54, 1.807) is 24.3 Å². The first-order chi connectivity index (χ1) is 17.8. The van der Waals surface area contributed by atoms with Crippen molar-refractivity contribution < 1.29 is 28.6 Å². The van der Waals surface area contributed by atoms with E-state index in [2.05, 4.69) is 0 Å². The fourth-order valence-corrected chi connectivity index (χ4v) is 4.54. The first-order valence-corrected chi connectivity index (χ1v) is 11.5. The molecule has 2 aromatic heterocycles. The molecule has 8 nitrogen and oxygen atoms in total. The summed E-state index contributed by atoms with van der Waals surface area (Å²) in [6.45, 7) is 0. The maximum absolute atomic E-state index is 13.5. The Morgan fingerprint density at radius 1 is 0.946 bits per heavy atom. The van der Waals surface area contributed by atoms with Gasteiger partial charge >= 0.3 is 5.97 Å². The minimum absolute atomic E-state index is 0.00650. The Labute approximate surface area is 213 Å². The summed E-state index contributed by atoms with van der Waals surface area (Å²) in [6.07, 6.45) is 2.11. The van der Waals surface area contributed by atoms with Crippen molar-refractivity contribution in [1.29, 1.82) is 0 Å². The lowest BCUT2D eigenvalue weighted by Gasteiger charge is -2.19. The minimum atomic E-state index is -1.07. The molecule has 0 radical (unpaired) electrons. The molecular weight excluding hydrogens is 500 g/mol. The number of phenolic OH excluding ortho intramolecular Hbond substituents is 2. The second kappa shape index (κ2) is 9.48. The molecule has 0 aliphatic carbocycles. The summed E-state index contributed by atoms with van der Waals surface area (Å²) in [5.41, 5.74) is 0.294. The molecule has 3 aromatic carbocycles. The molecule has 0 fully saturated rings. The summed E-state index contributed by atoms with van der Waals surface area (Å²) in [6, 6.07) is 13.3. The van der Waals surface area contributed by atoms with Gasteiger partial charge in [0.2, 0.25) is 5.43 Å². The van der Waals surface area contributed by atoms with Crippen molar-refractivity contribution in [2.75, 3.05) is 7.11 Å². The number of hydrogen-bond donors (Lipinski definition) is 2. The van der Waals surface area contributed by atoms with E-state index >= 15 is 0 Å². The average Bonchev–Trinajstić information content (AvgIpc) is 2.89. The number of phenols is 2. The highest BCUT2D eigenvalue weighted by atomic mass is 35.5. The summed E-state index contributed by atoms with van der Waals surface area (Å²) in [5, 5.41) is 21.1. The first-order valence-electron chi connectivity index (χ1n) is 11.1. The highest BCUT2D eigenvalue weighted by molar-refractivity contribution is 6.31. The van der Waals surface area contributed by atoms with Crippen molar-refractivity contribution in [2.24, 2.45) is 0 Å². The zero-order chi connectivity index (χ0) is 26.3. The normalized spacial score (nSPS) is 12.1. The first kappa shape index (κ1) is 24.1. The Morgan fingerprint density at radius 2 is 1.70 bits per heavy atom. The van der Waals surface area contributed by atoms with Crippen LogP contribution in [0.4, 0.5) is 0 Å². The third-order valence-corrected chi connectivity index (χ3v) is 6.45. The van der Waals surface area contributed by atoms with Crippen LogP contribution in [0.25, 0.3) is 33.1 Å². The molecule has 0 bridgehead atoms. The molecule has 0 saturated heterocycles. The Bertz CT molecular complexity index is 1780. The molecule has 37 heavy (non-hydrogen) atoms. The van der Waals surface area contributed by atoms with E-state index in [-0.39, 0.29) is 51.0 Å². The predicted molar refractivity (Wildman–Crippen MR) is 137 cm³/mol. The van der Waals surface area contributed by atoms with Crippen LogP contribution in [0.15, 0.2) is 85.5 Å². The molecule has 5 rings (SSSR count). The number of esters is 1. The van der Waals surface area contributed by atoms with Gasteiger partial charge in [0.25, 0.3) is 0 Å². The van der Waals surface area contributed by atoms with E-state index in [0.29, 0.717) is 16.2 Å². The molecule has 0 aliphatic heterocycles. The van der Waals surface area contributed by atoms with Gasteiger partial charge in [-0.3, -0.25) is 14.4 Å². The maximum Gasteiger partial charge on any atom is 0.306 e. The number of hydrogen-bond acceptors (Lipinski definition) is 8. The number of methoxy groups -OCH3 is 1. The number of carbonyl (C=O) groups is 1. The smallest absolute Gasteiger partial charge is 0.306 e. The molecule has 5 aromatic rings. The van der Waals surface area contributed by atoms with Crippen molar-refractivity contribution >= 4 is 39.5 Å². The summed E-state index contributed by atoms with van der Waals surface area (Å²) in [5.74, 6) is -1.97. The summed E-state index contributed by atoms with van der Waals surface area (Å²) in [4.78, 5) is 39.3. The van der Waals surface area contributed by atoms with Gasteiger partial charge in [0.15, 0.2) is 5.43 Å². The van der Waals surface area contributed by atoms with Gasteiger partial charge in [-0.1, -0.05) is 23.7 Å². The van der Waals surface area contributed by atoms with E-state index in [9.17, 15) is 24.6 Å². The summed E-state index contributed by atoms with van der Waals surface area (Å²) in [7, 11) is 1.20. The Balaban J connectivity index is 1.77. The summed E-state index contributed by atoms with van der Waals surface area (Å²) >= 11 is 6.08. The molecule has 0 saturated carbocycles. The van der Waals surface area contributed by atoms with Crippen LogP contribution in [0.2, 0.25) is 5.02 Å². The monoisotopic (exact) mass is 518 g/mol. The van der Waals surface area contributed by atoms with Crippen LogP contribution in [0.3, 0.4) is 0 Å². The zero-order valence-corrected chi connectivity index (χ0v) is 20.1. The fourth-order valence-electron chi connectivity index (χ4n) is 4.36. The van der Waals surface area contributed by atoms with Crippen LogP contribution in [0.1, 0.15) is 23.5 Å². The lowest BCUT2D eigenvalue weighted by atomic mass is 9.86. The van der Waals surface area contributed by atoms with Gasteiger partial charge in [-0.15, -0.1) is 0 Å². The Kier molecular flexibility index (Phi) is 6.19. The van der Waals surface area contributed by atoms with E-state index in [1.807, 2.05) is 0 Å². The van der Waals surface area contributed by atoms with Crippen LogP contribution in [0, 0.1) is 0 Å². The molecule has 1 unspecified atom stereocenters. The van der Waals surface area contributed by atoms with Crippen LogP contribution in [-0.4, -0.2) is 23.3 Å². The minimum Gasteiger partial charge on any atom is -0.508 e. The number of aromatic hydroxyl groups is 2. The summed E-state index contributed by atoms with van der Waals surface area (Å²) < 4.78 is 16.4. The number of halogens is 1. The fraction of sp³-hybridized carbons (Fsp3) is 0.107. The second-order valence-electron chi connectivity index (χ2n) is 8.39. The molecule has 0 spiro atoms. The molecule has 186 valence electrons. The second-order valence-corrected chi connectivity index (χ2v) is 8.83. The van der Waals surface area contributed by atoms with Gasteiger partial charge in [0.1, 0.15) is 28.9 Å². The highest BCUT2D eigenvalue weighted by Crippen LogP contribution is 2.39. The van der Waals surface area contributed by atoms with Crippen molar-refractivity contribution in [3.63, 3.8) is 0 Å². The van der Waals surface area contributed by atoms with Crippen molar-refractivity contribution in [2.45, 2.75) is 12.3 Å². The van der Waals surface area contributed by atoms with Crippen LogP contribution < -0.4 is 10.9 Å². The molecule has 1 atom stereocenters. The van der Waals surface area contributed by atoms with Gasteiger partial charge in [-0.2, -0.15) is 0 Å². The van der Waals surface area contributed by atoms with Gasteiger partial charge in [0, 0.05) is 22.1 Å². The number of ether oxygens (including phenoxy) is 1. The predicted octanol–water partition coefficient (Wildman–Crippen LogP) is 5.33. The lowest BCUT2D eigenvalue weighted by Crippen LogP contribution is -2.19. The number of fused-ring (bicyclic) bond motifs is 2. The number of carbonyl (C=O) groups excluding carboxylic acids is 1. The van der Waals surface area contributed by atoms with Gasteiger partial charge in [-0.05, 0) is 48.0 Å². The van der Waals surface area contributed by atoms with Crippen LogP contribution >= 0.6 is 11.6 Å². The van der Waals surface area contributed by atoms with E-state index in [1.165, 1.54) is 50.0 Å². The van der Waals surface area contributed by atoms with E-state index < -0.39 is 22.7 Å². The van der Waals surface area contributed by atoms with Crippen LogP contribution in [0.5, 0.6) is 11.5 Å². The van der Waals surface area contributed by atoms with Crippen molar-refractivity contribution in [1.82, 2.24) is 0 Å². The van der Waals surface area contributed by atoms with E-state index in [0.717, 1.165) is 0 Å². The standard InChI is InChI=1S/C28H19ClO8/c1-35-24(32)11-18(21-13-36-23-9-4-15(29)10-19(23)27(21)34)25-22(31)8-7-17-26(33)20(12-37-28(17)25)14-2-5-16(30)6-3-14/h2-10,12-13,18,30-31H,11H2,1H3. The lowest BCUT2D eigenvalue weighted by molar-refractivity contribution is -0.140. The topological polar surface area (TPSA) is 127 Å². The zero-order valence-electron chi connectivity index (χ0n) is 19.4. The molecule has 2 N–H and O–H groups in total. The van der Waals surface area contributed by atoms with Gasteiger partial charge < -0.3 is 23.8 Å². The quantitative estimate of drug-likeness (QED) is 0.299. The van der Waals surface area contributed by atoms with Crippen LogP contribution in [-0.2, 0) is 9.53 Å². The van der Waals surface area contributed by atoms with Gasteiger partial charge in [0.05, 0.1) is 36.1 Å². The number of benzene rings is 3. The average molecular weight is 519 g/mol. The molecule has 9 heteroatoms. The van der Waals surface area contributed by atoms with Crippen molar-refractivity contribution in [3.8, 4) is 22.6 Å².